The minimum absolute atomic E-state index is 0.0471. The third kappa shape index (κ3) is 9.13. The number of hydrogen-bond acceptors (Lipinski definition) is 2. The highest BCUT2D eigenvalue weighted by Gasteiger charge is 2.10. The average molecular weight is 348 g/mol. The quantitative estimate of drug-likeness (QED) is 0.635. The zero-order valence-corrected chi connectivity index (χ0v) is 16.2. The summed E-state index contributed by atoms with van der Waals surface area (Å²) in [5.74, 6) is 0.654. The Labute approximate surface area is 152 Å². The SMILES string of the molecule is CC(C)CCCC(C)NC(=O)c1ccc(CNC(=O)NC(C)C)cc1. The highest BCUT2D eigenvalue weighted by Crippen LogP contribution is 2.09. The lowest BCUT2D eigenvalue weighted by Gasteiger charge is -2.15. The Bertz CT molecular complexity index is 538. The molecule has 3 amide bonds. The second-order valence-electron chi connectivity index (χ2n) is 7.38. The molecule has 0 heterocycles. The second kappa shape index (κ2) is 10.7. The summed E-state index contributed by atoms with van der Waals surface area (Å²) in [7, 11) is 0. The van der Waals surface area contributed by atoms with Crippen LogP contribution < -0.4 is 16.0 Å². The van der Waals surface area contributed by atoms with Crippen LogP contribution >= 0.6 is 0 Å². The summed E-state index contributed by atoms with van der Waals surface area (Å²) in [5, 5.41) is 8.61. The number of hydrogen-bond donors (Lipinski definition) is 3. The van der Waals surface area contributed by atoms with Gasteiger partial charge in [0.25, 0.3) is 5.91 Å². The van der Waals surface area contributed by atoms with Crippen molar-refractivity contribution in [3.63, 3.8) is 0 Å². The van der Waals surface area contributed by atoms with E-state index in [4.69, 9.17) is 0 Å². The molecule has 3 N–H and O–H groups in total. The molecule has 5 heteroatoms. The lowest BCUT2D eigenvalue weighted by molar-refractivity contribution is 0.0937. The Kier molecular flexibility index (Phi) is 9.03. The van der Waals surface area contributed by atoms with Crippen LogP contribution in [-0.4, -0.2) is 24.0 Å². The molecule has 0 bridgehead atoms. The third-order valence-electron chi connectivity index (χ3n) is 3.89. The molecule has 25 heavy (non-hydrogen) atoms. The molecule has 1 unspecified atom stereocenters. The first-order valence-electron chi connectivity index (χ1n) is 9.22. The average Bonchev–Trinajstić information content (AvgIpc) is 2.52. The van der Waals surface area contributed by atoms with Crippen LogP contribution in [0.5, 0.6) is 0 Å². The Balaban J connectivity index is 2.41. The van der Waals surface area contributed by atoms with Crippen molar-refractivity contribution in [1.82, 2.24) is 16.0 Å². The van der Waals surface area contributed by atoms with Crippen LogP contribution in [0.25, 0.3) is 0 Å². The van der Waals surface area contributed by atoms with E-state index in [1.165, 1.54) is 6.42 Å². The summed E-state index contributed by atoms with van der Waals surface area (Å²) in [6.07, 6.45) is 3.31. The molecule has 1 atom stereocenters. The topological polar surface area (TPSA) is 70.2 Å². The largest absolute Gasteiger partial charge is 0.350 e. The highest BCUT2D eigenvalue weighted by atomic mass is 16.2. The molecule has 0 fully saturated rings. The number of benzene rings is 1. The summed E-state index contributed by atoms with van der Waals surface area (Å²) < 4.78 is 0. The van der Waals surface area contributed by atoms with Gasteiger partial charge in [0.2, 0.25) is 0 Å². The molecule has 0 spiro atoms. The summed E-state index contributed by atoms with van der Waals surface area (Å²) in [6, 6.07) is 7.43. The number of carbonyl (C=O) groups excluding carboxylic acids is 2. The van der Waals surface area contributed by atoms with Crippen LogP contribution in [0.15, 0.2) is 24.3 Å². The van der Waals surface area contributed by atoms with E-state index in [1.54, 1.807) is 12.1 Å². The zero-order chi connectivity index (χ0) is 18.8. The van der Waals surface area contributed by atoms with Gasteiger partial charge in [0.05, 0.1) is 0 Å². The second-order valence-corrected chi connectivity index (χ2v) is 7.38. The number of nitrogens with one attached hydrogen (secondary N) is 3. The standard InChI is InChI=1S/C20H33N3O2/c1-14(2)7-6-8-16(5)23-19(24)18-11-9-17(10-12-18)13-21-20(25)22-15(3)4/h9-12,14-16H,6-8,13H2,1-5H3,(H,23,24)(H2,21,22,25). The van der Waals surface area contributed by atoms with E-state index in [1.807, 2.05) is 32.9 Å². The van der Waals surface area contributed by atoms with E-state index in [0.29, 0.717) is 18.0 Å². The number of urea groups is 1. The maximum Gasteiger partial charge on any atom is 0.315 e. The van der Waals surface area contributed by atoms with Gasteiger partial charge in [0.1, 0.15) is 0 Å². The predicted molar refractivity (Wildman–Crippen MR) is 103 cm³/mol. The molecule has 5 nitrogen and oxygen atoms in total. The molecular formula is C20H33N3O2. The predicted octanol–water partition coefficient (Wildman–Crippen LogP) is 3.84. The van der Waals surface area contributed by atoms with Crippen molar-refractivity contribution in [3.8, 4) is 0 Å². The summed E-state index contributed by atoms with van der Waals surface area (Å²) in [6.45, 7) is 10.7. The van der Waals surface area contributed by atoms with Crippen molar-refractivity contribution < 1.29 is 9.59 Å². The van der Waals surface area contributed by atoms with Crippen molar-refractivity contribution in [1.29, 1.82) is 0 Å². The molecule has 0 aromatic heterocycles. The van der Waals surface area contributed by atoms with Gasteiger partial charge in [-0.2, -0.15) is 0 Å². The van der Waals surface area contributed by atoms with Gasteiger partial charge < -0.3 is 16.0 Å². The van der Waals surface area contributed by atoms with Crippen LogP contribution in [0.3, 0.4) is 0 Å². The van der Waals surface area contributed by atoms with Crippen LogP contribution in [0.1, 0.15) is 69.8 Å². The van der Waals surface area contributed by atoms with Gasteiger partial charge in [0, 0.05) is 24.2 Å². The van der Waals surface area contributed by atoms with Crippen LogP contribution in [0, 0.1) is 5.92 Å². The first-order valence-corrected chi connectivity index (χ1v) is 9.22. The fourth-order valence-corrected chi connectivity index (χ4v) is 2.48. The van der Waals surface area contributed by atoms with E-state index in [2.05, 4.69) is 29.8 Å². The molecule has 0 aliphatic rings. The van der Waals surface area contributed by atoms with E-state index < -0.39 is 0 Å². The van der Waals surface area contributed by atoms with Crippen molar-refractivity contribution in [2.24, 2.45) is 5.92 Å². The lowest BCUT2D eigenvalue weighted by atomic mass is 10.0. The molecule has 0 saturated heterocycles. The van der Waals surface area contributed by atoms with Gasteiger partial charge in [-0.3, -0.25) is 4.79 Å². The monoisotopic (exact) mass is 347 g/mol. The van der Waals surface area contributed by atoms with Gasteiger partial charge in [-0.15, -0.1) is 0 Å². The van der Waals surface area contributed by atoms with E-state index in [-0.39, 0.29) is 24.0 Å². The molecule has 0 aliphatic carbocycles. The minimum Gasteiger partial charge on any atom is -0.350 e. The van der Waals surface area contributed by atoms with Gasteiger partial charge in [-0.25, -0.2) is 4.79 Å². The lowest BCUT2D eigenvalue weighted by Crippen LogP contribution is -2.39. The van der Waals surface area contributed by atoms with Crippen LogP contribution in [-0.2, 0) is 6.54 Å². The molecule has 0 aliphatic heterocycles. The Morgan fingerprint density at radius 2 is 1.56 bits per heavy atom. The first kappa shape index (κ1) is 21.0. The molecule has 1 aromatic rings. The van der Waals surface area contributed by atoms with Gasteiger partial charge in [0.15, 0.2) is 0 Å². The van der Waals surface area contributed by atoms with Crippen molar-refractivity contribution in [2.75, 3.05) is 0 Å². The van der Waals surface area contributed by atoms with Crippen molar-refractivity contribution in [2.45, 2.75) is 72.5 Å². The number of amides is 3. The first-order chi connectivity index (χ1) is 11.8. The third-order valence-corrected chi connectivity index (χ3v) is 3.89. The fraction of sp³-hybridized carbons (Fsp3) is 0.600. The number of rotatable bonds is 9. The van der Waals surface area contributed by atoms with E-state index in [0.717, 1.165) is 18.4 Å². The molecule has 1 aromatic carbocycles. The summed E-state index contributed by atoms with van der Waals surface area (Å²) in [5.41, 5.74) is 1.60. The molecule has 0 radical (unpaired) electrons. The Morgan fingerprint density at radius 1 is 0.920 bits per heavy atom. The van der Waals surface area contributed by atoms with Crippen molar-refractivity contribution >= 4 is 11.9 Å². The van der Waals surface area contributed by atoms with Crippen LogP contribution in [0.2, 0.25) is 0 Å². The maximum atomic E-state index is 12.3. The molecular weight excluding hydrogens is 314 g/mol. The van der Waals surface area contributed by atoms with E-state index in [9.17, 15) is 9.59 Å². The minimum atomic E-state index is -0.188. The Hall–Kier alpha value is -2.04. The molecule has 140 valence electrons. The normalized spacial score (nSPS) is 12.1. The van der Waals surface area contributed by atoms with E-state index >= 15 is 0 Å². The fourth-order valence-electron chi connectivity index (χ4n) is 2.48. The van der Waals surface area contributed by atoms with Crippen LogP contribution in [0.4, 0.5) is 4.79 Å². The van der Waals surface area contributed by atoms with Gasteiger partial charge >= 0.3 is 6.03 Å². The zero-order valence-electron chi connectivity index (χ0n) is 16.2. The highest BCUT2D eigenvalue weighted by molar-refractivity contribution is 5.94. The van der Waals surface area contributed by atoms with Gasteiger partial charge in [-0.05, 0) is 50.8 Å². The summed E-state index contributed by atoms with van der Waals surface area (Å²) >= 11 is 0. The summed E-state index contributed by atoms with van der Waals surface area (Å²) in [4.78, 5) is 23.8. The maximum absolute atomic E-state index is 12.3. The Morgan fingerprint density at radius 3 is 2.12 bits per heavy atom. The smallest absolute Gasteiger partial charge is 0.315 e. The molecule has 1 rings (SSSR count). The van der Waals surface area contributed by atoms with Crippen molar-refractivity contribution in [3.05, 3.63) is 35.4 Å². The van der Waals surface area contributed by atoms with Gasteiger partial charge in [-0.1, -0.05) is 38.8 Å². The number of carbonyl (C=O) groups is 2. The molecule has 0 saturated carbocycles.